The number of carbonyl (C=O) groups is 4. The molecule has 19 heteroatoms. The molecule has 0 spiro atoms. The van der Waals surface area contributed by atoms with Crippen LogP contribution in [0.15, 0.2) is 0 Å². The van der Waals surface area contributed by atoms with E-state index in [1.165, 1.54) is 238 Å². The number of phosphoric acid groups is 2. The lowest BCUT2D eigenvalue weighted by Gasteiger charge is -2.21. The third-order valence-electron chi connectivity index (χ3n) is 18.3. The number of hydrogen-bond donors (Lipinski definition) is 3. The number of carbonyl (C=O) groups excluding carboxylic acids is 4. The zero-order valence-corrected chi connectivity index (χ0v) is 65.0. The number of unbranched alkanes of at least 4 members (excludes halogenated alkanes) is 50. The van der Waals surface area contributed by atoms with Gasteiger partial charge in [0.1, 0.15) is 19.3 Å². The number of aliphatic hydroxyl groups is 1. The summed E-state index contributed by atoms with van der Waals surface area (Å²) in [5.41, 5.74) is 0. The van der Waals surface area contributed by atoms with Crippen LogP contribution in [0.4, 0.5) is 0 Å². The van der Waals surface area contributed by atoms with Crippen molar-refractivity contribution in [1.29, 1.82) is 0 Å². The lowest BCUT2D eigenvalue weighted by Crippen LogP contribution is -2.30. The second-order valence-electron chi connectivity index (χ2n) is 28.6. The maximum Gasteiger partial charge on any atom is 0.472 e. The Morgan fingerprint density at radius 1 is 0.278 bits per heavy atom. The molecule has 576 valence electrons. The van der Waals surface area contributed by atoms with Gasteiger partial charge in [0.05, 0.1) is 26.4 Å². The van der Waals surface area contributed by atoms with E-state index in [2.05, 4.69) is 34.6 Å². The van der Waals surface area contributed by atoms with E-state index in [0.29, 0.717) is 31.6 Å². The Labute approximate surface area is 594 Å². The molecule has 2 unspecified atom stereocenters. The topological polar surface area (TPSA) is 237 Å². The second kappa shape index (κ2) is 71.1. The molecule has 3 N–H and O–H groups in total. The largest absolute Gasteiger partial charge is 0.472 e. The number of phosphoric ester groups is 2. The molecular weight excluding hydrogens is 1270 g/mol. The summed E-state index contributed by atoms with van der Waals surface area (Å²) < 4.78 is 68.5. The Bertz CT molecular complexity index is 1860. The van der Waals surface area contributed by atoms with Crippen LogP contribution in [-0.2, 0) is 65.4 Å². The normalized spacial score (nSPS) is 13.9. The molecule has 0 fully saturated rings. The van der Waals surface area contributed by atoms with Gasteiger partial charge in [0.25, 0.3) is 0 Å². The van der Waals surface area contributed by atoms with Crippen LogP contribution in [0.1, 0.15) is 413 Å². The fraction of sp³-hybridized carbons (Fsp3) is 0.949. The maximum absolute atomic E-state index is 13.1. The number of ether oxygens (including phenoxy) is 4. The minimum Gasteiger partial charge on any atom is -0.462 e. The lowest BCUT2D eigenvalue weighted by atomic mass is 10.0. The number of esters is 4. The fourth-order valence-corrected chi connectivity index (χ4v) is 13.6. The maximum atomic E-state index is 13.1. The van der Waals surface area contributed by atoms with Crippen LogP contribution in [-0.4, -0.2) is 96.7 Å². The van der Waals surface area contributed by atoms with Crippen molar-refractivity contribution >= 4 is 39.5 Å². The molecule has 0 saturated heterocycles. The number of aliphatic hydroxyl groups excluding tert-OH is 1. The molecule has 0 aromatic heterocycles. The molecule has 17 nitrogen and oxygen atoms in total. The Balaban J connectivity index is 5.18. The summed E-state index contributed by atoms with van der Waals surface area (Å²) in [6.45, 7) is 7.22. The zero-order valence-electron chi connectivity index (χ0n) is 63.2. The predicted octanol–water partition coefficient (Wildman–Crippen LogP) is 23.3. The Morgan fingerprint density at radius 2 is 0.474 bits per heavy atom. The van der Waals surface area contributed by atoms with Crippen LogP contribution in [0, 0.1) is 5.92 Å². The van der Waals surface area contributed by atoms with E-state index in [1.807, 2.05) is 0 Å². The predicted molar refractivity (Wildman–Crippen MR) is 395 cm³/mol. The summed E-state index contributed by atoms with van der Waals surface area (Å²) in [5.74, 6) is -1.42. The highest BCUT2D eigenvalue weighted by Crippen LogP contribution is 2.45. The van der Waals surface area contributed by atoms with Crippen LogP contribution in [0.25, 0.3) is 0 Å². The molecule has 0 aliphatic heterocycles. The standard InChI is InChI=1S/C78H152O17P2/c1-6-9-12-15-18-21-23-25-27-29-31-32-34-36-38-40-43-48-53-58-63-77(82)94-73(67-89-76(81)62-57-52-47-42-39-37-35-33-30-28-26-24-22-19-16-13-10-7-2)69-92-96(84,85)90-65-72(79)66-91-97(86,87)93-70-74(68-88-75(80)61-56-51-46-41-20-17-14-11-8-3)95-78(83)64-59-54-49-44-45-50-55-60-71(4)5/h71-74,79H,6-70H2,1-5H3,(H,84,85)(H,86,87)/t72-,73-,74-/m1/s1. The average Bonchev–Trinajstić information content (AvgIpc) is 1.14. The van der Waals surface area contributed by atoms with Crippen LogP contribution in [0.3, 0.4) is 0 Å². The van der Waals surface area contributed by atoms with E-state index in [-0.39, 0.29) is 25.7 Å². The van der Waals surface area contributed by atoms with Crippen LogP contribution >= 0.6 is 15.6 Å². The number of rotatable bonds is 78. The van der Waals surface area contributed by atoms with Crippen molar-refractivity contribution in [2.45, 2.75) is 432 Å². The zero-order chi connectivity index (χ0) is 71.2. The van der Waals surface area contributed by atoms with Gasteiger partial charge in [-0.3, -0.25) is 37.3 Å². The van der Waals surface area contributed by atoms with Gasteiger partial charge < -0.3 is 33.8 Å². The smallest absolute Gasteiger partial charge is 0.462 e. The Morgan fingerprint density at radius 3 is 0.701 bits per heavy atom. The van der Waals surface area contributed by atoms with Gasteiger partial charge in [-0.1, -0.05) is 362 Å². The van der Waals surface area contributed by atoms with Crippen molar-refractivity contribution in [3.63, 3.8) is 0 Å². The van der Waals surface area contributed by atoms with Crippen molar-refractivity contribution in [2.24, 2.45) is 5.92 Å². The average molecular weight is 1420 g/mol. The monoisotopic (exact) mass is 1420 g/mol. The quantitative estimate of drug-likeness (QED) is 0.0222. The molecule has 0 radical (unpaired) electrons. The van der Waals surface area contributed by atoms with E-state index in [9.17, 15) is 43.2 Å². The highest BCUT2D eigenvalue weighted by Gasteiger charge is 2.30. The first-order chi connectivity index (χ1) is 47.0. The van der Waals surface area contributed by atoms with E-state index in [4.69, 9.17) is 37.0 Å². The molecular formula is C78H152O17P2. The fourth-order valence-electron chi connectivity index (χ4n) is 12.1. The molecule has 0 amide bonds. The van der Waals surface area contributed by atoms with Gasteiger partial charge in [0.2, 0.25) is 0 Å². The summed E-state index contributed by atoms with van der Waals surface area (Å²) in [5, 5.41) is 10.6. The highest BCUT2D eigenvalue weighted by molar-refractivity contribution is 7.47. The van der Waals surface area contributed by atoms with Crippen LogP contribution in [0.2, 0.25) is 0 Å². The molecule has 5 atom stereocenters. The summed E-state index contributed by atoms with van der Waals surface area (Å²) in [4.78, 5) is 72.8. The first-order valence-corrected chi connectivity index (χ1v) is 43.6. The molecule has 0 rings (SSSR count). The van der Waals surface area contributed by atoms with E-state index in [0.717, 1.165) is 89.9 Å². The van der Waals surface area contributed by atoms with Gasteiger partial charge in [-0.15, -0.1) is 0 Å². The summed E-state index contributed by atoms with van der Waals surface area (Å²) in [6, 6.07) is 0. The van der Waals surface area contributed by atoms with Gasteiger partial charge in [-0.05, 0) is 31.6 Å². The van der Waals surface area contributed by atoms with Crippen LogP contribution < -0.4 is 0 Å². The van der Waals surface area contributed by atoms with Crippen LogP contribution in [0.5, 0.6) is 0 Å². The third kappa shape index (κ3) is 72.2. The van der Waals surface area contributed by atoms with Crippen molar-refractivity contribution < 1.29 is 80.2 Å². The van der Waals surface area contributed by atoms with Gasteiger partial charge in [0.15, 0.2) is 12.2 Å². The Hall–Kier alpha value is -1.94. The molecule has 0 saturated carbocycles. The second-order valence-corrected chi connectivity index (χ2v) is 31.5. The Kier molecular flexibility index (Phi) is 69.6. The van der Waals surface area contributed by atoms with E-state index < -0.39 is 97.5 Å². The molecule has 0 aromatic carbocycles. The third-order valence-corrected chi connectivity index (χ3v) is 20.2. The first-order valence-electron chi connectivity index (χ1n) is 40.6. The summed E-state index contributed by atoms with van der Waals surface area (Å²) in [6.07, 6.45) is 61.3. The van der Waals surface area contributed by atoms with E-state index >= 15 is 0 Å². The summed E-state index contributed by atoms with van der Waals surface area (Å²) in [7, 11) is -9.91. The molecule has 97 heavy (non-hydrogen) atoms. The molecule has 0 aliphatic rings. The molecule has 0 aliphatic carbocycles. The highest BCUT2D eigenvalue weighted by atomic mass is 31.2. The minimum absolute atomic E-state index is 0.104. The van der Waals surface area contributed by atoms with Crippen molar-refractivity contribution in [2.75, 3.05) is 39.6 Å². The van der Waals surface area contributed by atoms with Crippen molar-refractivity contribution in [3.8, 4) is 0 Å². The number of hydrogen-bond acceptors (Lipinski definition) is 15. The molecule has 0 aromatic rings. The minimum atomic E-state index is -4.96. The van der Waals surface area contributed by atoms with E-state index in [1.54, 1.807) is 0 Å². The first kappa shape index (κ1) is 95.1. The van der Waals surface area contributed by atoms with Gasteiger partial charge >= 0.3 is 39.5 Å². The van der Waals surface area contributed by atoms with Gasteiger partial charge in [-0.25, -0.2) is 9.13 Å². The SMILES string of the molecule is CCCCCCCCCCCCCCCCCCCCCCC(=O)O[C@H](COC(=O)CCCCCCCCCCCCCCCCCCCC)COP(=O)(O)OC[C@@H](O)COP(=O)(O)OC[C@@H](COC(=O)CCCCCCCCCCC)OC(=O)CCCCCCCCCC(C)C. The lowest BCUT2D eigenvalue weighted by molar-refractivity contribution is -0.161. The van der Waals surface area contributed by atoms with Crippen molar-refractivity contribution in [1.82, 2.24) is 0 Å². The molecule has 0 bridgehead atoms. The van der Waals surface area contributed by atoms with Crippen molar-refractivity contribution in [3.05, 3.63) is 0 Å². The summed E-state index contributed by atoms with van der Waals surface area (Å²) >= 11 is 0. The van der Waals surface area contributed by atoms with Gasteiger partial charge in [0, 0.05) is 25.7 Å². The molecule has 0 heterocycles. The van der Waals surface area contributed by atoms with Gasteiger partial charge in [-0.2, -0.15) is 0 Å².